The molecule has 3 rings (SSSR count). The van der Waals surface area contributed by atoms with Crippen molar-refractivity contribution >= 4 is 17.3 Å². The summed E-state index contributed by atoms with van der Waals surface area (Å²) in [5.41, 5.74) is 2.10. The van der Waals surface area contributed by atoms with Gasteiger partial charge >= 0.3 is 5.97 Å². The third kappa shape index (κ3) is 2.83. The number of pyridine rings is 1. The van der Waals surface area contributed by atoms with E-state index < -0.39 is 5.97 Å². The van der Waals surface area contributed by atoms with Crippen LogP contribution in [0.25, 0.3) is 10.7 Å². The number of hydrogen-bond donors (Lipinski definition) is 1. The lowest BCUT2D eigenvalue weighted by atomic mass is 9.83. The summed E-state index contributed by atoms with van der Waals surface area (Å²) in [4.78, 5) is 21.3. The van der Waals surface area contributed by atoms with Crippen LogP contribution in [0.5, 0.6) is 0 Å². The molecule has 0 aliphatic heterocycles. The molecule has 110 valence electrons. The van der Waals surface area contributed by atoms with Gasteiger partial charge in [-0.3, -0.25) is 4.98 Å². The first-order valence-corrected chi connectivity index (χ1v) is 8.04. The highest BCUT2D eigenvalue weighted by Crippen LogP contribution is 2.36. The summed E-state index contributed by atoms with van der Waals surface area (Å²) in [5, 5.41) is 9.91. The molecule has 0 saturated heterocycles. The Bertz CT molecular complexity index is 679. The van der Waals surface area contributed by atoms with E-state index in [1.807, 2.05) is 0 Å². The van der Waals surface area contributed by atoms with Crippen molar-refractivity contribution in [2.75, 3.05) is 0 Å². The Morgan fingerprint density at radius 2 is 2.29 bits per heavy atom. The Morgan fingerprint density at radius 1 is 1.48 bits per heavy atom. The van der Waals surface area contributed by atoms with Gasteiger partial charge in [-0.1, -0.05) is 13.8 Å². The minimum absolute atomic E-state index is 0.258. The second kappa shape index (κ2) is 5.56. The fourth-order valence-electron chi connectivity index (χ4n) is 2.76. The monoisotopic (exact) mass is 302 g/mol. The Kier molecular flexibility index (Phi) is 3.76. The summed E-state index contributed by atoms with van der Waals surface area (Å²) < 4.78 is 0. The van der Waals surface area contributed by atoms with E-state index in [2.05, 4.69) is 23.8 Å². The van der Waals surface area contributed by atoms with Crippen LogP contribution >= 0.6 is 11.3 Å². The molecule has 2 aromatic rings. The molecule has 1 unspecified atom stereocenters. The molecule has 0 fully saturated rings. The summed E-state index contributed by atoms with van der Waals surface area (Å²) in [7, 11) is 0. The summed E-state index contributed by atoms with van der Waals surface area (Å²) in [6.45, 7) is 4.55. The van der Waals surface area contributed by atoms with E-state index in [0.717, 1.165) is 23.8 Å². The van der Waals surface area contributed by atoms with Crippen molar-refractivity contribution in [3.05, 3.63) is 34.5 Å². The van der Waals surface area contributed by atoms with Crippen molar-refractivity contribution in [1.82, 2.24) is 9.97 Å². The zero-order valence-corrected chi connectivity index (χ0v) is 13.0. The molecule has 21 heavy (non-hydrogen) atoms. The van der Waals surface area contributed by atoms with Crippen LogP contribution in [0.2, 0.25) is 0 Å². The molecule has 2 aromatic heterocycles. The maximum Gasteiger partial charge on any atom is 0.335 e. The molecule has 4 nitrogen and oxygen atoms in total. The van der Waals surface area contributed by atoms with E-state index >= 15 is 0 Å². The second-order valence-corrected chi connectivity index (χ2v) is 6.95. The Balaban J connectivity index is 1.92. The molecule has 0 radical (unpaired) electrons. The van der Waals surface area contributed by atoms with Crippen LogP contribution < -0.4 is 0 Å². The smallest absolute Gasteiger partial charge is 0.335 e. The van der Waals surface area contributed by atoms with Crippen molar-refractivity contribution in [2.24, 2.45) is 11.8 Å². The van der Waals surface area contributed by atoms with Crippen molar-refractivity contribution < 1.29 is 9.90 Å². The fraction of sp³-hybridized carbons (Fsp3) is 0.438. The standard InChI is InChI=1S/C16H18N2O2S/c1-9(2)10-3-4-12-14(8-10)21-15(18-12)13-7-11(16(19)20)5-6-17-13/h5-7,9-10H,3-4,8H2,1-2H3,(H,19,20). The summed E-state index contributed by atoms with van der Waals surface area (Å²) in [5.74, 6) is 0.487. The lowest BCUT2D eigenvalue weighted by molar-refractivity contribution is 0.0697. The van der Waals surface area contributed by atoms with Gasteiger partial charge in [-0.25, -0.2) is 9.78 Å². The number of carboxylic acid groups (broad SMARTS) is 1. The number of rotatable bonds is 3. The number of aromatic carboxylic acids is 1. The number of aryl methyl sites for hydroxylation is 1. The van der Waals surface area contributed by atoms with E-state index in [1.165, 1.54) is 29.3 Å². The van der Waals surface area contributed by atoms with Crippen LogP contribution in [0.1, 0.15) is 41.2 Å². The van der Waals surface area contributed by atoms with Gasteiger partial charge in [0.15, 0.2) is 0 Å². The van der Waals surface area contributed by atoms with Crippen LogP contribution in [0.15, 0.2) is 18.3 Å². The fourth-order valence-corrected chi connectivity index (χ4v) is 3.93. The van der Waals surface area contributed by atoms with Crippen LogP contribution in [0.3, 0.4) is 0 Å². The topological polar surface area (TPSA) is 63.1 Å². The molecule has 0 amide bonds. The van der Waals surface area contributed by atoms with Gasteiger partial charge in [0.2, 0.25) is 0 Å². The lowest BCUT2D eigenvalue weighted by Gasteiger charge is -2.24. The zero-order chi connectivity index (χ0) is 15.0. The highest BCUT2D eigenvalue weighted by Gasteiger charge is 2.25. The van der Waals surface area contributed by atoms with Crippen LogP contribution in [-0.2, 0) is 12.8 Å². The van der Waals surface area contributed by atoms with Gasteiger partial charge in [0, 0.05) is 11.1 Å². The molecular formula is C16H18N2O2S. The number of carboxylic acids is 1. The van der Waals surface area contributed by atoms with Crippen LogP contribution in [-0.4, -0.2) is 21.0 Å². The van der Waals surface area contributed by atoms with Gasteiger partial charge in [-0.05, 0) is 43.2 Å². The highest BCUT2D eigenvalue weighted by molar-refractivity contribution is 7.15. The molecule has 1 N–H and O–H groups in total. The quantitative estimate of drug-likeness (QED) is 0.939. The summed E-state index contributed by atoms with van der Waals surface area (Å²) >= 11 is 1.66. The molecule has 0 saturated carbocycles. The number of aromatic nitrogens is 2. The van der Waals surface area contributed by atoms with Crippen molar-refractivity contribution in [3.8, 4) is 10.7 Å². The van der Waals surface area contributed by atoms with Gasteiger partial charge in [0.1, 0.15) is 5.01 Å². The third-order valence-corrected chi connectivity index (χ3v) is 5.29. The first-order valence-electron chi connectivity index (χ1n) is 7.23. The summed E-state index contributed by atoms with van der Waals surface area (Å²) in [6, 6.07) is 3.11. The molecule has 0 aromatic carbocycles. The van der Waals surface area contributed by atoms with Gasteiger partial charge in [-0.15, -0.1) is 11.3 Å². The van der Waals surface area contributed by atoms with E-state index in [-0.39, 0.29) is 5.56 Å². The Morgan fingerprint density at radius 3 is 3.00 bits per heavy atom. The minimum atomic E-state index is -0.931. The molecule has 0 bridgehead atoms. The molecular weight excluding hydrogens is 284 g/mol. The first-order chi connectivity index (χ1) is 10.0. The van der Waals surface area contributed by atoms with Gasteiger partial charge in [-0.2, -0.15) is 0 Å². The first kappa shape index (κ1) is 14.2. The highest BCUT2D eigenvalue weighted by atomic mass is 32.1. The van der Waals surface area contributed by atoms with E-state index in [9.17, 15) is 4.79 Å². The van der Waals surface area contributed by atoms with Gasteiger partial charge in [0.25, 0.3) is 0 Å². The van der Waals surface area contributed by atoms with Gasteiger partial charge < -0.3 is 5.11 Å². The Labute approximate surface area is 127 Å². The molecule has 1 aliphatic carbocycles. The number of hydrogen-bond acceptors (Lipinski definition) is 4. The maximum absolute atomic E-state index is 11.1. The molecule has 5 heteroatoms. The van der Waals surface area contributed by atoms with Crippen molar-refractivity contribution in [1.29, 1.82) is 0 Å². The lowest BCUT2D eigenvalue weighted by Crippen LogP contribution is -2.17. The van der Waals surface area contributed by atoms with Crippen LogP contribution in [0.4, 0.5) is 0 Å². The largest absolute Gasteiger partial charge is 0.478 e. The number of thiazole rings is 1. The predicted octanol–water partition coefficient (Wildman–Crippen LogP) is 3.66. The maximum atomic E-state index is 11.1. The zero-order valence-electron chi connectivity index (χ0n) is 12.2. The summed E-state index contributed by atoms with van der Waals surface area (Å²) in [6.07, 6.45) is 4.84. The molecule has 1 aliphatic rings. The van der Waals surface area contributed by atoms with Gasteiger partial charge in [0.05, 0.1) is 17.0 Å². The van der Waals surface area contributed by atoms with E-state index in [0.29, 0.717) is 11.6 Å². The average molecular weight is 302 g/mol. The Hall–Kier alpha value is -1.75. The molecule has 0 spiro atoms. The average Bonchev–Trinajstić information content (AvgIpc) is 2.90. The number of nitrogens with zero attached hydrogens (tertiary/aromatic N) is 2. The van der Waals surface area contributed by atoms with E-state index in [1.54, 1.807) is 17.4 Å². The molecule has 1 atom stereocenters. The second-order valence-electron chi connectivity index (χ2n) is 5.87. The number of fused-ring (bicyclic) bond motifs is 1. The molecule has 2 heterocycles. The van der Waals surface area contributed by atoms with Crippen LogP contribution in [0, 0.1) is 11.8 Å². The number of carbonyl (C=O) groups is 1. The third-order valence-electron chi connectivity index (χ3n) is 4.15. The SMILES string of the molecule is CC(C)C1CCc2nc(-c3cc(C(=O)O)ccn3)sc2C1. The van der Waals surface area contributed by atoms with E-state index in [4.69, 9.17) is 5.11 Å². The predicted molar refractivity (Wildman–Crippen MR) is 82.7 cm³/mol. The van der Waals surface area contributed by atoms with Crippen molar-refractivity contribution in [3.63, 3.8) is 0 Å². The van der Waals surface area contributed by atoms with Crippen molar-refractivity contribution in [2.45, 2.75) is 33.1 Å². The minimum Gasteiger partial charge on any atom is -0.478 e. The normalized spacial score (nSPS) is 17.8.